The molecule has 0 saturated carbocycles. The van der Waals surface area contributed by atoms with Crippen LogP contribution >= 0.6 is 0 Å². The average Bonchev–Trinajstić information content (AvgIpc) is 2.39. The molecular weight excluding hydrogens is 276 g/mol. The minimum Gasteiger partial charge on any atom is -0.366 e. The van der Waals surface area contributed by atoms with Gasteiger partial charge in [0.05, 0.1) is 4.90 Å². The van der Waals surface area contributed by atoms with Crippen molar-refractivity contribution in [2.75, 3.05) is 0 Å². The summed E-state index contributed by atoms with van der Waals surface area (Å²) >= 11 is 0. The largest absolute Gasteiger partial charge is 0.366 e. The van der Waals surface area contributed by atoms with E-state index in [1.807, 2.05) is 6.07 Å². The summed E-state index contributed by atoms with van der Waals surface area (Å²) in [6.45, 7) is 1.71. The molecule has 0 bridgehead atoms. The zero-order chi connectivity index (χ0) is 15.2. The van der Waals surface area contributed by atoms with Crippen molar-refractivity contribution < 1.29 is 13.2 Å². The van der Waals surface area contributed by atoms with Crippen LogP contribution in [0.15, 0.2) is 59.5 Å². The first-order valence-corrected chi connectivity index (χ1v) is 7.30. The van der Waals surface area contributed by atoms with E-state index in [4.69, 9.17) is 10.9 Å². The molecule has 0 aliphatic carbocycles. The van der Waals surface area contributed by atoms with Gasteiger partial charge in [-0.2, -0.15) is 0 Å². The van der Waals surface area contributed by atoms with Crippen molar-refractivity contribution in [3.05, 3.63) is 65.7 Å². The molecule has 2 aromatic carbocycles. The molecule has 2 aromatic rings. The Balaban J connectivity index is 0.000000204. The van der Waals surface area contributed by atoms with Crippen LogP contribution in [0.25, 0.3) is 0 Å². The summed E-state index contributed by atoms with van der Waals surface area (Å²) in [5.41, 5.74) is 6.20. The second-order valence-electron chi connectivity index (χ2n) is 4.04. The summed E-state index contributed by atoms with van der Waals surface area (Å²) in [5.74, 6) is -0.379. The van der Waals surface area contributed by atoms with Gasteiger partial charge in [0.25, 0.3) is 0 Å². The summed E-state index contributed by atoms with van der Waals surface area (Å²) in [6.07, 6.45) is 0. The molecule has 0 aliphatic heterocycles. The van der Waals surface area contributed by atoms with Gasteiger partial charge >= 0.3 is 0 Å². The van der Waals surface area contributed by atoms with Gasteiger partial charge in [-0.3, -0.25) is 4.79 Å². The molecule has 20 heavy (non-hydrogen) atoms. The van der Waals surface area contributed by atoms with Crippen molar-refractivity contribution in [1.29, 1.82) is 0 Å². The van der Waals surface area contributed by atoms with Gasteiger partial charge in [0.2, 0.25) is 15.9 Å². The van der Waals surface area contributed by atoms with Gasteiger partial charge in [-0.1, -0.05) is 36.4 Å². The fourth-order valence-corrected chi connectivity index (χ4v) is 2.26. The summed E-state index contributed by atoms with van der Waals surface area (Å²) < 4.78 is 21.7. The third kappa shape index (κ3) is 4.83. The van der Waals surface area contributed by atoms with Crippen molar-refractivity contribution in [2.45, 2.75) is 11.8 Å². The molecule has 0 aromatic heterocycles. The van der Waals surface area contributed by atoms with Crippen molar-refractivity contribution in [3.63, 3.8) is 0 Å². The average molecular weight is 292 g/mol. The standard InChI is InChI=1S/C7H9NO2S.C7H7NO/c1-6-4-2-3-5-7(6)11(8,9)10;8-7(9)6-4-2-1-3-5-6/h2-5H,1H3,(H2,8,9,10);1-5H,(H2,8,9). The highest BCUT2D eigenvalue weighted by atomic mass is 32.2. The zero-order valence-corrected chi connectivity index (χ0v) is 11.8. The van der Waals surface area contributed by atoms with Crippen LogP contribution in [0.3, 0.4) is 0 Å². The Morgan fingerprint density at radius 1 is 0.950 bits per heavy atom. The number of carbonyl (C=O) groups is 1. The van der Waals surface area contributed by atoms with Gasteiger partial charge in [-0.15, -0.1) is 0 Å². The van der Waals surface area contributed by atoms with E-state index in [1.165, 1.54) is 6.07 Å². The Hall–Kier alpha value is -2.18. The van der Waals surface area contributed by atoms with Crippen LogP contribution in [0.1, 0.15) is 15.9 Å². The fraction of sp³-hybridized carbons (Fsp3) is 0.0714. The molecule has 106 valence electrons. The molecule has 0 radical (unpaired) electrons. The van der Waals surface area contributed by atoms with Crippen LogP contribution in [0, 0.1) is 6.92 Å². The molecule has 0 fully saturated rings. The summed E-state index contributed by atoms with van der Waals surface area (Å²) in [6, 6.07) is 15.4. The number of primary sulfonamides is 1. The molecular formula is C14H16N2O3S. The first-order valence-electron chi connectivity index (χ1n) is 5.75. The van der Waals surface area contributed by atoms with Crippen molar-refractivity contribution in [3.8, 4) is 0 Å². The quantitative estimate of drug-likeness (QED) is 0.874. The first kappa shape index (κ1) is 15.9. The van der Waals surface area contributed by atoms with Crippen LogP contribution in [-0.4, -0.2) is 14.3 Å². The molecule has 0 aliphatic rings. The van der Waals surface area contributed by atoms with Crippen LogP contribution in [0.2, 0.25) is 0 Å². The van der Waals surface area contributed by atoms with Crippen LogP contribution in [0.5, 0.6) is 0 Å². The number of nitrogens with two attached hydrogens (primary N) is 2. The van der Waals surface area contributed by atoms with Gasteiger partial charge in [-0.05, 0) is 30.7 Å². The smallest absolute Gasteiger partial charge is 0.248 e. The fourth-order valence-electron chi connectivity index (χ4n) is 1.48. The van der Waals surface area contributed by atoms with Gasteiger partial charge in [0.1, 0.15) is 0 Å². The highest BCUT2D eigenvalue weighted by molar-refractivity contribution is 7.89. The van der Waals surface area contributed by atoms with E-state index >= 15 is 0 Å². The summed E-state index contributed by atoms with van der Waals surface area (Å²) in [5, 5.41) is 4.93. The lowest BCUT2D eigenvalue weighted by molar-refractivity contribution is 0.100. The first-order chi connectivity index (χ1) is 9.32. The van der Waals surface area contributed by atoms with Gasteiger partial charge in [-0.25, -0.2) is 13.6 Å². The normalized spacial score (nSPS) is 10.3. The molecule has 4 N–H and O–H groups in total. The highest BCUT2D eigenvalue weighted by Crippen LogP contribution is 2.10. The Morgan fingerprint density at radius 3 is 1.80 bits per heavy atom. The van der Waals surface area contributed by atoms with Crippen molar-refractivity contribution >= 4 is 15.9 Å². The van der Waals surface area contributed by atoms with E-state index in [-0.39, 0.29) is 10.8 Å². The topological polar surface area (TPSA) is 103 Å². The number of hydrogen-bond donors (Lipinski definition) is 2. The Morgan fingerprint density at radius 2 is 1.45 bits per heavy atom. The number of sulfonamides is 1. The second kappa shape index (κ2) is 6.83. The molecule has 0 unspecified atom stereocenters. The number of hydrogen-bond acceptors (Lipinski definition) is 3. The Labute approximate surface area is 118 Å². The lowest BCUT2D eigenvalue weighted by atomic mass is 10.2. The monoisotopic (exact) mass is 292 g/mol. The second-order valence-corrected chi connectivity index (χ2v) is 5.57. The lowest BCUT2D eigenvalue weighted by Gasteiger charge is -2.00. The SMILES string of the molecule is Cc1ccccc1S(N)(=O)=O.NC(=O)c1ccccc1. The number of amides is 1. The van der Waals surface area contributed by atoms with E-state index in [2.05, 4.69) is 0 Å². The van der Waals surface area contributed by atoms with E-state index in [0.717, 1.165) is 0 Å². The number of primary amides is 1. The summed E-state index contributed by atoms with van der Waals surface area (Å²) in [7, 11) is -3.53. The van der Waals surface area contributed by atoms with E-state index < -0.39 is 10.0 Å². The molecule has 0 atom stereocenters. The molecule has 2 rings (SSSR count). The molecule has 0 spiro atoms. The van der Waals surface area contributed by atoms with Crippen LogP contribution < -0.4 is 10.9 Å². The predicted octanol–water partition coefficient (Wildman–Crippen LogP) is 1.43. The minimum atomic E-state index is -3.53. The Bertz CT molecular complexity index is 683. The molecule has 6 heteroatoms. The maximum atomic E-state index is 10.8. The molecule has 1 amide bonds. The van der Waals surface area contributed by atoms with E-state index in [9.17, 15) is 13.2 Å². The lowest BCUT2D eigenvalue weighted by Crippen LogP contribution is -2.13. The Kier molecular flexibility index (Phi) is 5.42. The number of benzene rings is 2. The maximum Gasteiger partial charge on any atom is 0.248 e. The third-order valence-corrected chi connectivity index (χ3v) is 3.53. The van der Waals surface area contributed by atoms with Gasteiger partial charge < -0.3 is 5.73 Å². The van der Waals surface area contributed by atoms with Crippen molar-refractivity contribution in [2.24, 2.45) is 10.9 Å². The zero-order valence-electron chi connectivity index (χ0n) is 11.0. The number of aryl methyl sites for hydroxylation is 1. The predicted molar refractivity (Wildman–Crippen MR) is 77.5 cm³/mol. The summed E-state index contributed by atoms with van der Waals surface area (Å²) in [4.78, 5) is 10.6. The maximum absolute atomic E-state index is 10.8. The molecule has 5 nitrogen and oxygen atoms in total. The van der Waals surface area contributed by atoms with E-state index in [1.54, 1.807) is 49.4 Å². The highest BCUT2D eigenvalue weighted by Gasteiger charge is 2.08. The molecule has 0 heterocycles. The van der Waals surface area contributed by atoms with Crippen LogP contribution in [-0.2, 0) is 10.0 Å². The minimum absolute atomic E-state index is 0.194. The van der Waals surface area contributed by atoms with Gasteiger partial charge in [0, 0.05) is 5.56 Å². The van der Waals surface area contributed by atoms with Crippen molar-refractivity contribution in [1.82, 2.24) is 0 Å². The molecule has 0 saturated heterocycles. The number of rotatable bonds is 2. The van der Waals surface area contributed by atoms with E-state index in [0.29, 0.717) is 11.1 Å². The number of carbonyl (C=O) groups excluding carboxylic acids is 1. The van der Waals surface area contributed by atoms with Crippen LogP contribution in [0.4, 0.5) is 0 Å². The van der Waals surface area contributed by atoms with Gasteiger partial charge in [0.15, 0.2) is 0 Å². The third-order valence-electron chi connectivity index (χ3n) is 2.46.